The molecule has 0 aliphatic carbocycles. The average molecular weight is 304 g/mol. The van der Waals surface area contributed by atoms with E-state index in [1.807, 2.05) is 13.2 Å². The second-order valence-electron chi connectivity index (χ2n) is 3.93. The molecule has 1 heterocycles. The number of thioether (sulfide) groups is 1. The molecule has 3 N–H and O–H groups in total. The van der Waals surface area contributed by atoms with Gasteiger partial charge in [0.2, 0.25) is 0 Å². The summed E-state index contributed by atoms with van der Waals surface area (Å²) in [5.41, 5.74) is 6.50. The van der Waals surface area contributed by atoms with Crippen LogP contribution >= 0.6 is 23.1 Å². The number of nitrogen functional groups attached to an aromatic ring is 1. The molecular weight excluding hydrogens is 284 g/mol. The van der Waals surface area contributed by atoms with Crippen LogP contribution < -0.4 is 11.1 Å². The lowest BCUT2D eigenvalue weighted by atomic mass is 10.3. The van der Waals surface area contributed by atoms with Crippen molar-refractivity contribution in [3.05, 3.63) is 4.88 Å². The second kappa shape index (κ2) is 7.62. The second-order valence-corrected chi connectivity index (χ2v) is 5.77. The van der Waals surface area contributed by atoms with Crippen LogP contribution in [0, 0.1) is 0 Å². The molecule has 1 atom stereocenters. The highest BCUT2D eigenvalue weighted by molar-refractivity contribution is 7.99. The van der Waals surface area contributed by atoms with Crippen LogP contribution in [0.5, 0.6) is 0 Å². The Labute approximate surface area is 121 Å². The summed E-state index contributed by atoms with van der Waals surface area (Å²) in [7, 11) is 1.65. The van der Waals surface area contributed by atoms with Gasteiger partial charge >= 0.3 is 5.97 Å². The number of hydrogen-bond acceptors (Lipinski definition) is 7. The first-order valence-corrected chi connectivity index (χ1v) is 7.98. The van der Waals surface area contributed by atoms with Crippen LogP contribution in [0.2, 0.25) is 0 Å². The summed E-state index contributed by atoms with van der Waals surface area (Å²) in [5, 5.41) is 4.19. The number of ether oxygens (including phenoxy) is 2. The van der Waals surface area contributed by atoms with Crippen molar-refractivity contribution in [3.8, 4) is 0 Å². The summed E-state index contributed by atoms with van der Waals surface area (Å²) < 4.78 is 10.1. The highest BCUT2D eigenvalue weighted by atomic mass is 32.2. The zero-order chi connectivity index (χ0) is 14.4. The third-order valence-electron chi connectivity index (χ3n) is 2.36. The number of methoxy groups -OCH3 is 1. The number of esters is 1. The zero-order valence-corrected chi connectivity index (χ0v) is 13.2. The van der Waals surface area contributed by atoms with Crippen molar-refractivity contribution in [1.29, 1.82) is 0 Å². The Morgan fingerprint density at radius 3 is 2.79 bits per heavy atom. The standard InChI is InChI=1S/C12H20N2O3S2/c1-5-17-12(15)10-8(13)9(18-4)11(19-10)14-7(2)6-16-3/h7,14H,5-6,13H2,1-4H3. The van der Waals surface area contributed by atoms with Gasteiger partial charge in [-0.15, -0.1) is 23.1 Å². The summed E-state index contributed by atoms with van der Waals surface area (Å²) >= 11 is 2.84. The number of nitrogens with two attached hydrogens (primary N) is 1. The van der Waals surface area contributed by atoms with Gasteiger partial charge in [-0.1, -0.05) is 0 Å². The molecule has 0 bridgehead atoms. The van der Waals surface area contributed by atoms with E-state index in [4.69, 9.17) is 15.2 Å². The summed E-state index contributed by atoms with van der Waals surface area (Å²) in [5.74, 6) is -0.368. The van der Waals surface area contributed by atoms with Gasteiger partial charge < -0.3 is 20.5 Å². The monoisotopic (exact) mass is 304 g/mol. The first-order valence-electron chi connectivity index (χ1n) is 5.93. The molecule has 1 rings (SSSR count). The molecule has 0 saturated heterocycles. The van der Waals surface area contributed by atoms with E-state index in [9.17, 15) is 4.79 Å². The Balaban J connectivity index is 2.98. The highest BCUT2D eigenvalue weighted by Crippen LogP contribution is 2.42. The number of thiophene rings is 1. The molecule has 0 amide bonds. The van der Waals surface area contributed by atoms with Gasteiger partial charge in [-0.05, 0) is 20.1 Å². The molecule has 19 heavy (non-hydrogen) atoms. The molecular formula is C12H20N2O3S2. The van der Waals surface area contributed by atoms with Crippen molar-refractivity contribution in [2.45, 2.75) is 24.8 Å². The van der Waals surface area contributed by atoms with Crippen LogP contribution in [0.3, 0.4) is 0 Å². The molecule has 0 spiro atoms. The smallest absolute Gasteiger partial charge is 0.350 e. The van der Waals surface area contributed by atoms with Gasteiger partial charge in [-0.25, -0.2) is 4.79 Å². The van der Waals surface area contributed by atoms with E-state index in [1.54, 1.807) is 14.0 Å². The van der Waals surface area contributed by atoms with Crippen LogP contribution in [0.25, 0.3) is 0 Å². The molecule has 1 unspecified atom stereocenters. The molecule has 7 heteroatoms. The van der Waals surface area contributed by atoms with Gasteiger partial charge in [-0.3, -0.25) is 0 Å². The fourth-order valence-corrected chi connectivity index (χ4v) is 3.62. The quantitative estimate of drug-likeness (QED) is 0.596. The SMILES string of the molecule is CCOC(=O)c1sc(NC(C)COC)c(SC)c1N. The van der Waals surface area contributed by atoms with Gasteiger partial charge in [-0.2, -0.15) is 0 Å². The molecule has 0 saturated carbocycles. The van der Waals surface area contributed by atoms with Crippen molar-refractivity contribution in [3.63, 3.8) is 0 Å². The summed E-state index contributed by atoms with van der Waals surface area (Å²) in [6, 6.07) is 0.143. The minimum atomic E-state index is -0.368. The van der Waals surface area contributed by atoms with E-state index < -0.39 is 0 Å². The Kier molecular flexibility index (Phi) is 6.47. The lowest BCUT2D eigenvalue weighted by Crippen LogP contribution is -2.20. The van der Waals surface area contributed by atoms with E-state index in [2.05, 4.69) is 5.32 Å². The third kappa shape index (κ3) is 4.02. The van der Waals surface area contributed by atoms with Gasteiger partial charge in [0, 0.05) is 13.2 Å². The Bertz CT molecular complexity index is 435. The maximum Gasteiger partial charge on any atom is 0.350 e. The highest BCUT2D eigenvalue weighted by Gasteiger charge is 2.22. The molecule has 0 aromatic carbocycles. The van der Waals surface area contributed by atoms with Crippen molar-refractivity contribution in [2.75, 3.05) is 37.6 Å². The van der Waals surface area contributed by atoms with Crippen LogP contribution in [0.15, 0.2) is 4.90 Å². The zero-order valence-electron chi connectivity index (χ0n) is 11.6. The van der Waals surface area contributed by atoms with E-state index in [-0.39, 0.29) is 12.0 Å². The van der Waals surface area contributed by atoms with Crippen LogP contribution in [-0.4, -0.2) is 38.6 Å². The Morgan fingerprint density at radius 2 is 2.26 bits per heavy atom. The number of hydrogen-bond donors (Lipinski definition) is 2. The first kappa shape index (κ1) is 16.1. The molecule has 108 valence electrons. The minimum absolute atomic E-state index is 0.143. The topological polar surface area (TPSA) is 73.6 Å². The van der Waals surface area contributed by atoms with Crippen LogP contribution in [0.4, 0.5) is 10.7 Å². The largest absolute Gasteiger partial charge is 0.462 e. The van der Waals surface area contributed by atoms with E-state index in [0.29, 0.717) is 23.8 Å². The van der Waals surface area contributed by atoms with Crippen molar-refractivity contribution >= 4 is 39.8 Å². The summed E-state index contributed by atoms with van der Waals surface area (Å²) in [6.45, 7) is 4.71. The number of anilines is 2. The number of rotatable bonds is 7. The predicted molar refractivity (Wildman–Crippen MR) is 81.4 cm³/mol. The van der Waals surface area contributed by atoms with E-state index in [0.717, 1.165) is 9.90 Å². The van der Waals surface area contributed by atoms with Crippen molar-refractivity contribution in [1.82, 2.24) is 0 Å². The number of carbonyl (C=O) groups is 1. The van der Waals surface area contributed by atoms with Gasteiger partial charge in [0.15, 0.2) is 0 Å². The summed E-state index contributed by atoms with van der Waals surface area (Å²) in [4.78, 5) is 13.1. The molecule has 5 nitrogen and oxygen atoms in total. The molecule has 0 aliphatic heterocycles. The number of carbonyl (C=O) groups excluding carboxylic acids is 1. The molecule has 1 aromatic heterocycles. The van der Waals surface area contributed by atoms with Crippen molar-refractivity contribution in [2.24, 2.45) is 0 Å². The third-order valence-corrected chi connectivity index (χ3v) is 4.44. The molecule has 1 aromatic rings. The first-order chi connectivity index (χ1) is 9.04. The number of nitrogens with one attached hydrogen (secondary N) is 1. The maximum atomic E-state index is 11.8. The van der Waals surface area contributed by atoms with Crippen LogP contribution in [0.1, 0.15) is 23.5 Å². The van der Waals surface area contributed by atoms with E-state index in [1.165, 1.54) is 23.1 Å². The van der Waals surface area contributed by atoms with Gasteiger partial charge in [0.1, 0.15) is 9.88 Å². The van der Waals surface area contributed by atoms with E-state index >= 15 is 0 Å². The fourth-order valence-electron chi connectivity index (χ4n) is 1.59. The lowest BCUT2D eigenvalue weighted by Gasteiger charge is -2.13. The molecule has 0 aliphatic rings. The normalized spacial score (nSPS) is 12.2. The van der Waals surface area contributed by atoms with Crippen LogP contribution in [-0.2, 0) is 9.47 Å². The average Bonchev–Trinajstić information content (AvgIpc) is 2.66. The van der Waals surface area contributed by atoms with Crippen molar-refractivity contribution < 1.29 is 14.3 Å². The molecule has 0 radical (unpaired) electrons. The Hall–Kier alpha value is -0.920. The van der Waals surface area contributed by atoms with Gasteiger partial charge in [0.25, 0.3) is 0 Å². The van der Waals surface area contributed by atoms with Gasteiger partial charge in [0.05, 0.1) is 23.8 Å². The lowest BCUT2D eigenvalue weighted by molar-refractivity contribution is 0.0533. The Morgan fingerprint density at radius 1 is 1.58 bits per heavy atom. The summed E-state index contributed by atoms with van der Waals surface area (Å²) in [6.07, 6.45) is 1.93. The maximum absolute atomic E-state index is 11.8. The molecule has 0 fully saturated rings. The fraction of sp³-hybridized carbons (Fsp3) is 0.583. The minimum Gasteiger partial charge on any atom is -0.462 e. The predicted octanol–water partition coefficient (Wildman–Crippen LogP) is 2.68.